The molecular weight excluding hydrogens is 321 g/mol. The fourth-order valence-corrected chi connectivity index (χ4v) is 3.34. The van der Waals surface area contributed by atoms with Crippen LogP contribution in [0.4, 0.5) is 4.39 Å². The summed E-state index contributed by atoms with van der Waals surface area (Å²) < 4.78 is 16.0. The summed E-state index contributed by atoms with van der Waals surface area (Å²) in [6.45, 7) is 12.8. The van der Waals surface area contributed by atoms with E-state index >= 15 is 0 Å². The van der Waals surface area contributed by atoms with Crippen molar-refractivity contribution in [3.8, 4) is 16.9 Å². The zero-order valence-electron chi connectivity index (χ0n) is 16.0. The third-order valence-electron chi connectivity index (χ3n) is 5.23. The molecule has 1 unspecified atom stereocenters. The topological polar surface area (TPSA) is 4.93 Å². The molecule has 0 saturated carbocycles. The van der Waals surface area contributed by atoms with Crippen LogP contribution in [0.25, 0.3) is 22.5 Å². The number of allylic oxidation sites excluding steroid dienone is 1. The lowest BCUT2D eigenvalue weighted by molar-refractivity contribution is 0.628. The van der Waals surface area contributed by atoms with Crippen LogP contribution in [0, 0.1) is 25.6 Å². The fraction of sp³-hybridized carbons (Fsp3) is 0.250. The van der Waals surface area contributed by atoms with Gasteiger partial charge in [-0.2, -0.15) is 0 Å². The summed E-state index contributed by atoms with van der Waals surface area (Å²) in [5, 5.41) is 0. The average Bonchev–Trinajstić information content (AvgIpc) is 3.03. The maximum absolute atomic E-state index is 13.9. The number of hydrogen-bond donors (Lipinski definition) is 0. The molecule has 0 N–H and O–H groups in total. The molecule has 0 aliphatic heterocycles. The average molecular weight is 347 g/mol. The first-order valence-corrected chi connectivity index (χ1v) is 9.16. The molecule has 1 atom stereocenters. The van der Waals surface area contributed by atoms with Gasteiger partial charge in [0.05, 0.1) is 5.69 Å². The van der Waals surface area contributed by atoms with Crippen LogP contribution >= 0.6 is 0 Å². The molecule has 0 aliphatic rings. The van der Waals surface area contributed by atoms with Gasteiger partial charge in [-0.3, -0.25) is 0 Å². The molecule has 3 aromatic rings. The quantitative estimate of drug-likeness (QED) is 0.470. The van der Waals surface area contributed by atoms with E-state index in [1.165, 1.54) is 6.07 Å². The Labute approximate surface area is 155 Å². The van der Waals surface area contributed by atoms with Gasteiger partial charge >= 0.3 is 0 Å². The van der Waals surface area contributed by atoms with Crippen LogP contribution in [-0.2, 0) is 0 Å². The minimum Gasteiger partial charge on any atom is -0.314 e. The number of rotatable bonds is 5. The second kappa shape index (κ2) is 7.33. The molecule has 134 valence electrons. The van der Waals surface area contributed by atoms with E-state index in [1.54, 1.807) is 6.07 Å². The lowest BCUT2D eigenvalue weighted by Gasteiger charge is -2.17. The predicted octanol–water partition coefficient (Wildman–Crippen LogP) is 6.96. The van der Waals surface area contributed by atoms with E-state index in [4.69, 9.17) is 0 Å². The summed E-state index contributed by atoms with van der Waals surface area (Å²) in [7, 11) is 0. The number of nitrogens with zero attached hydrogens (tertiary/aromatic N) is 1. The van der Waals surface area contributed by atoms with Gasteiger partial charge in [0.25, 0.3) is 0 Å². The smallest absolute Gasteiger partial charge is 0.123 e. The molecule has 0 spiro atoms. The van der Waals surface area contributed by atoms with E-state index < -0.39 is 0 Å². The minimum absolute atomic E-state index is 0.213. The Morgan fingerprint density at radius 1 is 1.08 bits per heavy atom. The van der Waals surface area contributed by atoms with Crippen molar-refractivity contribution < 1.29 is 4.39 Å². The summed E-state index contributed by atoms with van der Waals surface area (Å²) in [4.78, 5) is 0. The maximum atomic E-state index is 13.9. The van der Waals surface area contributed by atoms with Crippen LogP contribution in [0.1, 0.15) is 37.1 Å². The van der Waals surface area contributed by atoms with Crippen molar-refractivity contribution >= 4 is 5.57 Å². The number of hydrogen-bond acceptors (Lipinski definition) is 0. The van der Waals surface area contributed by atoms with Crippen LogP contribution < -0.4 is 0 Å². The van der Waals surface area contributed by atoms with Gasteiger partial charge in [-0.05, 0) is 79.3 Å². The molecule has 1 nitrogen and oxygen atoms in total. The minimum atomic E-state index is -0.213. The SMILES string of the molecule is C=C(c1cccc(-n2c(C)ccc2-c2cc(F)ccc2C)c1)C(C)CC. The summed E-state index contributed by atoms with van der Waals surface area (Å²) >= 11 is 0. The van der Waals surface area contributed by atoms with Crippen LogP contribution in [-0.4, -0.2) is 4.57 Å². The van der Waals surface area contributed by atoms with E-state index in [1.807, 2.05) is 13.0 Å². The number of aryl methyl sites for hydroxylation is 2. The predicted molar refractivity (Wildman–Crippen MR) is 109 cm³/mol. The Morgan fingerprint density at radius 2 is 1.85 bits per heavy atom. The van der Waals surface area contributed by atoms with Crippen LogP contribution in [0.15, 0.2) is 61.2 Å². The van der Waals surface area contributed by atoms with E-state index in [2.05, 4.69) is 68.3 Å². The van der Waals surface area contributed by atoms with Gasteiger partial charge < -0.3 is 4.57 Å². The van der Waals surface area contributed by atoms with Crippen molar-refractivity contribution in [1.29, 1.82) is 0 Å². The van der Waals surface area contributed by atoms with Gasteiger partial charge in [0.1, 0.15) is 5.82 Å². The van der Waals surface area contributed by atoms with E-state index in [-0.39, 0.29) is 5.82 Å². The van der Waals surface area contributed by atoms with Gasteiger partial charge in [0, 0.05) is 16.9 Å². The third-order valence-corrected chi connectivity index (χ3v) is 5.23. The van der Waals surface area contributed by atoms with Crippen molar-refractivity contribution in [1.82, 2.24) is 4.57 Å². The molecule has 3 rings (SSSR count). The molecule has 0 radical (unpaired) electrons. The first-order valence-electron chi connectivity index (χ1n) is 9.16. The molecule has 0 bridgehead atoms. The molecule has 26 heavy (non-hydrogen) atoms. The highest BCUT2D eigenvalue weighted by atomic mass is 19.1. The molecule has 1 heterocycles. The fourth-order valence-electron chi connectivity index (χ4n) is 3.34. The molecule has 2 aromatic carbocycles. The van der Waals surface area contributed by atoms with E-state index in [0.717, 1.165) is 45.8 Å². The summed E-state index contributed by atoms with van der Waals surface area (Å²) in [5.74, 6) is 0.232. The van der Waals surface area contributed by atoms with Crippen LogP contribution in [0.2, 0.25) is 0 Å². The maximum Gasteiger partial charge on any atom is 0.123 e. The van der Waals surface area contributed by atoms with Crippen LogP contribution in [0.3, 0.4) is 0 Å². The normalized spacial score (nSPS) is 12.2. The summed E-state index contributed by atoms with van der Waals surface area (Å²) in [6.07, 6.45) is 1.07. The molecule has 0 amide bonds. The Balaban J connectivity index is 2.13. The van der Waals surface area contributed by atoms with Crippen molar-refractivity contribution in [3.05, 3.63) is 83.8 Å². The second-order valence-electron chi connectivity index (χ2n) is 7.04. The van der Waals surface area contributed by atoms with Gasteiger partial charge in [-0.15, -0.1) is 0 Å². The zero-order chi connectivity index (χ0) is 18.8. The van der Waals surface area contributed by atoms with Gasteiger partial charge in [0.2, 0.25) is 0 Å². The van der Waals surface area contributed by atoms with Crippen molar-refractivity contribution in [2.24, 2.45) is 5.92 Å². The standard InChI is InChI=1S/C24H26FN/c1-6-16(2)19(5)20-8-7-9-22(14-20)26-18(4)11-13-24(26)23-15-21(25)12-10-17(23)3/h7-16H,5-6H2,1-4H3. The van der Waals surface area contributed by atoms with Crippen molar-refractivity contribution in [3.63, 3.8) is 0 Å². The lowest BCUT2D eigenvalue weighted by Crippen LogP contribution is -2.02. The monoisotopic (exact) mass is 347 g/mol. The third kappa shape index (κ3) is 3.37. The molecule has 0 fully saturated rings. The first kappa shape index (κ1) is 18.2. The molecule has 0 saturated heterocycles. The zero-order valence-corrected chi connectivity index (χ0v) is 16.0. The van der Waals surface area contributed by atoms with Gasteiger partial charge in [-0.1, -0.05) is 38.6 Å². The highest BCUT2D eigenvalue weighted by Crippen LogP contribution is 2.31. The van der Waals surface area contributed by atoms with Gasteiger partial charge in [-0.25, -0.2) is 4.39 Å². The van der Waals surface area contributed by atoms with Gasteiger partial charge in [0.15, 0.2) is 0 Å². The molecule has 2 heteroatoms. The lowest BCUT2D eigenvalue weighted by atomic mass is 9.93. The van der Waals surface area contributed by atoms with Crippen LogP contribution in [0.5, 0.6) is 0 Å². The molecule has 0 aliphatic carbocycles. The Kier molecular flexibility index (Phi) is 5.13. The van der Waals surface area contributed by atoms with Crippen molar-refractivity contribution in [2.45, 2.75) is 34.1 Å². The highest BCUT2D eigenvalue weighted by molar-refractivity contribution is 5.70. The summed E-state index contributed by atoms with van der Waals surface area (Å²) in [5.41, 5.74) is 7.50. The Bertz CT molecular complexity index is 949. The van der Waals surface area contributed by atoms with E-state index in [0.29, 0.717) is 5.92 Å². The Morgan fingerprint density at radius 3 is 2.58 bits per heavy atom. The van der Waals surface area contributed by atoms with Crippen molar-refractivity contribution in [2.75, 3.05) is 0 Å². The molecular formula is C24H26FN. The largest absolute Gasteiger partial charge is 0.314 e. The number of benzene rings is 2. The van der Waals surface area contributed by atoms with E-state index in [9.17, 15) is 4.39 Å². The number of aromatic nitrogens is 1. The number of halogens is 1. The highest BCUT2D eigenvalue weighted by Gasteiger charge is 2.14. The molecule has 1 aromatic heterocycles. The second-order valence-corrected chi connectivity index (χ2v) is 7.04. The summed E-state index contributed by atoms with van der Waals surface area (Å²) in [6, 6.07) is 17.6. The first-order chi connectivity index (χ1) is 12.4. The Hall–Kier alpha value is -2.61.